The smallest absolute Gasteiger partial charge is 0.132 e. The first kappa shape index (κ1) is 33.8. The van der Waals surface area contributed by atoms with Gasteiger partial charge in [0.05, 0.1) is 0 Å². The molecule has 0 saturated carbocycles. The minimum atomic E-state index is -0.886. The molecule has 0 saturated heterocycles. The highest BCUT2D eigenvalue weighted by Crippen LogP contribution is 2.30. The van der Waals surface area contributed by atoms with Crippen molar-refractivity contribution in [3.05, 3.63) is 105 Å². The van der Waals surface area contributed by atoms with Gasteiger partial charge in [-0.25, -0.2) is 30.7 Å². The van der Waals surface area contributed by atoms with E-state index in [1.807, 2.05) is 0 Å². The first-order chi connectivity index (χ1) is 17.6. The van der Waals surface area contributed by atoms with Crippen molar-refractivity contribution >= 4 is 0 Å². The summed E-state index contributed by atoms with van der Waals surface area (Å²) >= 11 is 0. The highest BCUT2D eigenvalue weighted by Gasteiger charge is 2.25. The molecule has 0 nitrogen and oxygen atoms in total. The molecule has 0 aliphatic rings. The lowest BCUT2D eigenvalue weighted by molar-refractivity contribution is 0.462. The number of benzene rings is 3. The summed E-state index contributed by atoms with van der Waals surface area (Å²) in [7, 11) is 0. The zero-order valence-electron chi connectivity index (χ0n) is 23.8. The van der Waals surface area contributed by atoms with E-state index >= 15 is 0 Å². The van der Waals surface area contributed by atoms with Gasteiger partial charge >= 0.3 is 0 Å². The van der Waals surface area contributed by atoms with Crippen molar-refractivity contribution in [3.8, 4) is 12.3 Å². The molecule has 7 heteroatoms. The zero-order valence-corrected chi connectivity index (χ0v) is 23.8. The second-order valence-corrected chi connectivity index (χ2v) is 12.1. The summed E-state index contributed by atoms with van der Waals surface area (Å²) in [6, 6.07) is 7.70. The van der Waals surface area contributed by atoms with Gasteiger partial charge in [-0.3, -0.25) is 0 Å². The number of hydrogen-bond donors (Lipinski definition) is 0. The van der Waals surface area contributed by atoms with E-state index in [0.717, 1.165) is 0 Å². The number of rotatable bonds is 0. The fraction of sp³-hybridized carbons (Fsp3) is 0.375. The first-order valence-electron chi connectivity index (χ1n) is 12.2. The molecule has 0 atom stereocenters. The predicted octanol–water partition coefficient (Wildman–Crippen LogP) is 9.91. The lowest BCUT2D eigenvalue weighted by Gasteiger charge is -2.20. The van der Waals surface area contributed by atoms with Crippen LogP contribution in [0.15, 0.2) is 42.5 Å². The van der Waals surface area contributed by atoms with Crippen LogP contribution in [0, 0.1) is 53.1 Å². The summed E-state index contributed by atoms with van der Waals surface area (Å²) in [5.74, 6) is -2.43. The van der Waals surface area contributed by atoms with E-state index in [0.29, 0.717) is 12.1 Å². The Hall–Kier alpha value is -3.27. The summed E-state index contributed by atoms with van der Waals surface area (Å²) in [5.41, 5.74) is -1.29. The van der Waals surface area contributed by atoms with Crippen molar-refractivity contribution in [3.63, 3.8) is 0 Å². The van der Waals surface area contributed by atoms with Crippen molar-refractivity contribution < 1.29 is 30.7 Å². The van der Waals surface area contributed by atoms with Crippen molar-refractivity contribution in [1.29, 1.82) is 0 Å². The van der Waals surface area contributed by atoms with Crippen LogP contribution in [0.3, 0.4) is 0 Å². The summed E-state index contributed by atoms with van der Waals surface area (Å²) in [5, 5.41) is 0. The maximum Gasteiger partial charge on any atom is 0.132 e. The molecule has 0 heterocycles. The van der Waals surface area contributed by atoms with Crippen LogP contribution in [0.25, 0.3) is 0 Å². The molecule has 0 amide bonds. The minimum absolute atomic E-state index is 0.0751. The molecule has 0 spiro atoms. The number of halogens is 7. The van der Waals surface area contributed by atoms with Gasteiger partial charge < -0.3 is 0 Å². The van der Waals surface area contributed by atoms with Crippen LogP contribution in [-0.4, -0.2) is 0 Å². The Labute approximate surface area is 227 Å². The van der Waals surface area contributed by atoms with Gasteiger partial charge in [0, 0.05) is 34.4 Å². The lowest BCUT2D eigenvalue weighted by Crippen LogP contribution is -2.16. The monoisotopic (exact) mass is 552 g/mol. The SMILES string of the molecule is C#Cc1cc(F)c(C(C)(C)C)c(F)c1.CC(C)(C)c1c(F)cc(F)cc1F.CC(C)(C)c1c(F)cccc1F. The normalized spacial score (nSPS) is 11.6. The van der Waals surface area contributed by atoms with E-state index in [-0.39, 0.29) is 22.3 Å². The second kappa shape index (κ2) is 12.7. The third kappa shape index (κ3) is 9.45. The Morgan fingerprint density at radius 1 is 0.487 bits per heavy atom. The van der Waals surface area contributed by atoms with Crippen molar-refractivity contribution in [1.82, 2.24) is 0 Å². The van der Waals surface area contributed by atoms with Gasteiger partial charge in [0.2, 0.25) is 0 Å². The molecule has 0 aliphatic carbocycles. The molecule has 212 valence electrons. The summed E-state index contributed by atoms with van der Waals surface area (Å²) in [6.07, 6.45) is 5.06. The van der Waals surface area contributed by atoms with Gasteiger partial charge in [-0.05, 0) is 40.5 Å². The molecular formula is C32H35F7. The molecule has 0 aliphatic heterocycles. The van der Waals surface area contributed by atoms with E-state index in [1.165, 1.54) is 30.3 Å². The molecule has 0 aromatic heterocycles. The first-order valence-corrected chi connectivity index (χ1v) is 12.2. The van der Waals surface area contributed by atoms with Gasteiger partial charge in [0.1, 0.15) is 40.7 Å². The van der Waals surface area contributed by atoms with Crippen LogP contribution in [0.2, 0.25) is 0 Å². The molecule has 3 aromatic rings. The Morgan fingerprint density at radius 2 is 0.769 bits per heavy atom. The molecule has 0 unspecified atom stereocenters. The Kier molecular flexibility index (Phi) is 11.0. The molecule has 0 radical (unpaired) electrons. The highest BCUT2D eigenvalue weighted by molar-refractivity contribution is 5.38. The van der Waals surface area contributed by atoms with E-state index in [1.54, 1.807) is 62.3 Å². The second-order valence-electron chi connectivity index (χ2n) is 12.1. The molecule has 0 fully saturated rings. The topological polar surface area (TPSA) is 0 Å². The van der Waals surface area contributed by atoms with E-state index in [4.69, 9.17) is 6.42 Å². The standard InChI is InChI=1S/C12H12F2.C10H11F3.C10H12F2/c1-5-8-6-9(13)11(10(14)7-8)12(2,3)4;1-10(2,3)9-7(12)4-6(11)5-8(9)13;1-10(2,3)9-7(11)5-4-6-8(9)12/h1,6-7H,2-4H3;4-5H,1-3H3;4-6H,1-3H3. The number of terminal acetylenes is 1. The van der Waals surface area contributed by atoms with Gasteiger partial charge in [-0.2, -0.15) is 0 Å². The Balaban J connectivity index is 0.000000293. The largest absolute Gasteiger partial charge is 0.207 e. The number of hydrogen-bond acceptors (Lipinski definition) is 0. The predicted molar refractivity (Wildman–Crippen MR) is 143 cm³/mol. The van der Waals surface area contributed by atoms with Gasteiger partial charge in [-0.1, -0.05) is 74.3 Å². The fourth-order valence-electron chi connectivity index (χ4n) is 3.85. The van der Waals surface area contributed by atoms with E-state index in [2.05, 4.69) is 5.92 Å². The maximum atomic E-state index is 13.5. The lowest BCUT2D eigenvalue weighted by atomic mass is 9.85. The third-order valence-electron chi connectivity index (χ3n) is 5.43. The van der Waals surface area contributed by atoms with Crippen molar-refractivity contribution in [2.45, 2.75) is 78.6 Å². The maximum absolute atomic E-state index is 13.5. The molecule has 0 N–H and O–H groups in total. The van der Waals surface area contributed by atoms with E-state index in [9.17, 15) is 30.7 Å². The van der Waals surface area contributed by atoms with E-state index < -0.39 is 57.0 Å². The average Bonchev–Trinajstić information content (AvgIpc) is 2.70. The van der Waals surface area contributed by atoms with Crippen LogP contribution >= 0.6 is 0 Å². The quantitative estimate of drug-likeness (QED) is 0.192. The summed E-state index contributed by atoms with van der Waals surface area (Å²) in [6.45, 7) is 15.6. The van der Waals surface area contributed by atoms with Gasteiger partial charge in [0.15, 0.2) is 0 Å². The molecule has 3 rings (SSSR count). The Bertz CT molecular complexity index is 1260. The van der Waals surface area contributed by atoms with Gasteiger partial charge in [0.25, 0.3) is 0 Å². The third-order valence-corrected chi connectivity index (χ3v) is 5.43. The van der Waals surface area contributed by atoms with Gasteiger partial charge in [-0.15, -0.1) is 6.42 Å². The Morgan fingerprint density at radius 3 is 1.03 bits per heavy atom. The van der Waals surface area contributed by atoms with Crippen molar-refractivity contribution in [2.24, 2.45) is 0 Å². The van der Waals surface area contributed by atoms with Crippen LogP contribution in [0.5, 0.6) is 0 Å². The average molecular weight is 553 g/mol. The summed E-state index contributed by atoms with van der Waals surface area (Å²) in [4.78, 5) is 0. The summed E-state index contributed by atoms with van der Waals surface area (Å²) < 4.78 is 91.9. The zero-order chi connectivity index (χ0) is 30.5. The fourth-order valence-corrected chi connectivity index (χ4v) is 3.85. The van der Waals surface area contributed by atoms with Crippen LogP contribution in [-0.2, 0) is 16.2 Å². The van der Waals surface area contributed by atoms with Crippen molar-refractivity contribution in [2.75, 3.05) is 0 Å². The molecule has 0 bridgehead atoms. The molecule has 39 heavy (non-hydrogen) atoms. The van der Waals surface area contributed by atoms with Crippen LogP contribution < -0.4 is 0 Å². The molecular weight excluding hydrogens is 517 g/mol. The van der Waals surface area contributed by atoms with Crippen LogP contribution in [0.4, 0.5) is 30.7 Å². The molecule has 3 aromatic carbocycles. The van der Waals surface area contributed by atoms with Crippen LogP contribution in [0.1, 0.15) is 84.6 Å². The highest BCUT2D eigenvalue weighted by atomic mass is 19.2. The minimum Gasteiger partial charge on any atom is -0.207 e.